The Labute approximate surface area is 125 Å². The van der Waals surface area contributed by atoms with Crippen LogP contribution >= 0.6 is 12.4 Å². The monoisotopic (exact) mass is 293 g/mol. The molecule has 1 atom stereocenters. The zero-order valence-corrected chi connectivity index (χ0v) is 12.4. The van der Waals surface area contributed by atoms with E-state index in [1.807, 2.05) is 24.3 Å². The van der Waals surface area contributed by atoms with Crippen molar-refractivity contribution >= 4 is 29.1 Å². The third-order valence-corrected chi connectivity index (χ3v) is 3.66. The van der Waals surface area contributed by atoms with Gasteiger partial charge >= 0.3 is 0 Å². The van der Waals surface area contributed by atoms with Gasteiger partial charge in [0.1, 0.15) is 11.6 Å². The zero-order chi connectivity index (χ0) is 13.2. The molecule has 0 unspecified atom stereocenters. The third-order valence-electron chi connectivity index (χ3n) is 3.66. The topological polar surface area (TPSA) is 67.1 Å². The molecule has 1 aromatic heterocycles. The third kappa shape index (κ3) is 3.00. The molecule has 0 saturated carbocycles. The van der Waals surface area contributed by atoms with E-state index in [2.05, 4.69) is 27.1 Å². The smallest absolute Gasteiger partial charge is 0.145 e. The standard InChI is InChI=1S/C14H19N5.ClH/c1-10-8-16-6-7-19(10)9-13-17-12-5-3-2-4-11(12)14(15)18-13;/h2-5,10,16H,6-9H2,1H3,(H2,15,17,18);1H/t10-;/m1./s1. The first-order chi connectivity index (χ1) is 9.24. The maximum Gasteiger partial charge on any atom is 0.145 e. The van der Waals surface area contributed by atoms with Crippen molar-refractivity contribution in [1.29, 1.82) is 0 Å². The molecule has 2 heterocycles. The summed E-state index contributed by atoms with van der Waals surface area (Å²) in [5.74, 6) is 1.38. The van der Waals surface area contributed by atoms with Gasteiger partial charge < -0.3 is 11.1 Å². The Bertz CT molecular complexity index is 589. The quantitative estimate of drug-likeness (QED) is 0.877. The van der Waals surface area contributed by atoms with Gasteiger partial charge in [0.15, 0.2) is 0 Å². The Balaban J connectivity index is 0.00000147. The molecule has 6 heteroatoms. The Morgan fingerprint density at radius 2 is 2.15 bits per heavy atom. The number of hydrogen-bond acceptors (Lipinski definition) is 5. The van der Waals surface area contributed by atoms with E-state index in [9.17, 15) is 0 Å². The minimum Gasteiger partial charge on any atom is -0.383 e. The number of rotatable bonds is 2. The minimum atomic E-state index is 0. The van der Waals surface area contributed by atoms with Crippen molar-refractivity contribution in [2.75, 3.05) is 25.4 Å². The number of aromatic nitrogens is 2. The lowest BCUT2D eigenvalue weighted by molar-refractivity contribution is 0.162. The van der Waals surface area contributed by atoms with E-state index in [1.165, 1.54) is 0 Å². The summed E-state index contributed by atoms with van der Waals surface area (Å²) in [6.45, 7) is 6.04. The second kappa shape index (κ2) is 6.35. The van der Waals surface area contributed by atoms with Crippen molar-refractivity contribution in [3.63, 3.8) is 0 Å². The van der Waals surface area contributed by atoms with Crippen molar-refractivity contribution < 1.29 is 0 Å². The Morgan fingerprint density at radius 1 is 1.35 bits per heavy atom. The molecule has 0 bridgehead atoms. The van der Waals surface area contributed by atoms with Gasteiger partial charge in [-0.2, -0.15) is 0 Å². The van der Waals surface area contributed by atoms with Crippen LogP contribution in [0.3, 0.4) is 0 Å². The highest BCUT2D eigenvalue weighted by Gasteiger charge is 2.19. The summed E-state index contributed by atoms with van der Waals surface area (Å²) < 4.78 is 0. The van der Waals surface area contributed by atoms with Gasteiger partial charge in [-0.1, -0.05) is 12.1 Å². The van der Waals surface area contributed by atoms with Crippen LogP contribution < -0.4 is 11.1 Å². The van der Waals surface area contributed by atoms with Crippen LogP contribution in [0, 0.1) is 0 Å². The van der Waals surface area contributed by atoms with Crippen molar-refractivity contribution in [2.24, 2.45) is 0 Å². The highest BCUT2D eigenvalue weighted by molar-refractivity contribution is 5.87. The summed E-state index contributed by atoms with van der Waals surface area (Å²) in [5, 5.41) is 4.31. The average molecular weight is 294 g/mol. The van der Waals surface area contributed by atoms with Crippen LogP contribution in [0.2, 0.25) is 0 Å². The second-order valence-electron chi connectivity index (χ2n) is 5.07. The largest absolute Gasteiger partial charge is 0.383 e. The van der Waals surface area contributed by atoms with Crippen molar-refractivity contribution in [2.45, 2.75) is 19.5 Å². The molecule has 1 saturated heterocycles. The van der Waals surface area contributed by atoms with E-state index < -0.39 is 0 Å². The lowest BCUT2D eigenvalue weighted by Crippen LogP contribution is -2.49. The number of nitrogen functional groups attached to an aromatic ring is 1. The maximum atomic E-state index is 6.01. The molecule has 2 aromatic rings. The van der Waals surface area contributed by atoms with E-state index in [1.54, 1.807) is 0 Å². The predicted octanol–water partition coefficient (Wildman–Crippen LogP) is 1.43. The van der Waals surface area contributed by atoms with Gasteiger partial charge in [-0.25, -0.2) is 9.97 Å². The van der Waals surface area contributed by atoms with Gasteiger partial charge in [-0.05, 0) is 19.1 Å². The Hall–Kier alpha value is -1.43. The van der Waals surface area contributed by atoms with E-state index in [0.29, 0.717) is 11.9 Å². The number of anilines is 1. The number of piperazine rings is 1. The number of fused-ring (bicyclic) bond motifs is 1. The number of nitrogens with zero attached hydrogens (tertiary/aromatic N) is 3. The summed E-state index contributed by atoms with van der Waals surface area (Å²) in [5.41, 5.74) is 6.94. The van der Waals surface area contributed by atoms with Crippen LogP contribution in [0.25, 0.3) is 10.9 Å². The molecular formula is C14H20ClN5. The number of para-hydroxylation sites is 1. The number of halogens is 1. The molecule has 0 spiro atoms. The molecule has 108 valence electrons. The van der Waals surface area contributed by atoms with E-state index in [0.717, 1.165) is 42.9 Å². The maximum absolute atomic E-state index is 6.01. The Morgan fingerprint density at radius 3 is 2.95 bits per heavy atom. The molecule has 5 nitrogen and oxygen atoms in total. The fourth-order valence-electron chi connectivity index (χ4n) is 2.52. The lowest BCUT2D eigenvalue weighted by atomic mass is 10.2. The van der Waals surface area contributed by atoms with E-state index >= 15 is 0 Å². The summed E-state index contributed by atoms with van der Waals surface area (Å²) in [7, 11) is 0. The van der Waals surface area contributed by atoms with Crippen LogP contribution in [0.15, 0.2) is 24.3 Å². The SMILES string of the molecule is C[C@@H]1CNCCN1Cc1nc(N)c2ccccc2n1.Cl. The van der Waals surface area contributed by atoms with Gasteiger partial charge in [0.05, 0.1) is 12.1 Å². The van der Waals surface area contributed by atoms with E-state index in [4.69, 9.17) is 5.73 Å². The molecule has 3 rings (SSSR count). The molecule has 0 amide bonds. The molecule has 0 radical (unpaired) electrons. The zero-order valence-electron chi connectivity index (χ0n) is 11.5. The molecule has 1 aliphatic heterocycles. The first-order valence-electron chi connectivity index (χ1n) is 6.70. The normalized spacial score (nSPS) is 19.8. The average Bonchev–Trinajstić information content (AvgIpc) is 2.42. The van der Waals surface area contributed by atoms with Crippen molar-refractivity contribution in [3.8, 4) is 0 Å². The van der Waals surface area contributed by atoms with Gasteiger partial charge in [0, 0.05) is 31.1 Å². The summed E-state index contributed by atoms with van der Waals surface area (Å²) >= 11 is 0. The van der Waals surface area contributed by atoms with Gasteiger partial charge in [0.25, 0.3) is 0 Å². The molecule has 0 aliphatic carbocycles. The predicted molar refractivity (Wildman–Crippen MR) is 83.9 cm³/mol. The molecule has 1 aromatic carbocycles. The van der Waals surface area contributed by atoms with E-state index in [-0.39, 0.29) is 12.4 Å². The second-order valence-corrected chi connectivity index (χ2v) is 5.07. The van der Waals surface area contributed by atoms with Crippen molar-refractivity contribution in [1.82, 2.24) is 20.2 Å². The summed E-state index contributed by atoms with van der Waals surface area (Å²) in [6.07, 6.45) is 0. The number of hydrogen-bond donors (Lipinski definition) is 2. The van der Waals surface area contributed by atoms with Crippen LogP contribution in [0.4, 0.5) is 5.82 Å². The molecule has 3 N–H and O–H groups in total. The molecule has 1 aliphatic rings. The molecule has 1 fully saturated rings. The number of nitrogens with one attached hydrogen (secondary N) is 1. The fourth-order valence-corrected chi connectivity index (χ4v) is 2.52. The minimum absolute atomic E-state index is 0. The summed E-state index contributed by atoms with van der Waals surface area (Å²) in [4.78, 5) is 11.4. The molecule has 20 heavy (non-hydrogen) atoms. The van der Waals surface area contributed by atoms with Crippen LogP contribution in [-0.4, -0.2) is 40.5 Å². The van der Waals surface area contributed by atoms with Crippen molar-refractivity contribution in [3.05, 3.63) is 30.1 Å². The van der Waals surface area contributed by atoms with Crippen LogP contribution in [0.1, 0.15) is 12.7 Å². The summed E-state index contributed by atoms with van der Waals surface area (Å²) in [6, 6.07) is 8.39. The first kappa shape index (κ1) is 15.0. The number of nitrogens with two attached hydrogens (primary N) is 1. The first-order valence-corrected chi connectivity index (χ1v) is 6.70. The lowest BCUT2D eigenvalue weighted by Gasteiger charge is -2.33. The number of benzene rings is 1. The van der Waals surface area contributed by atoms with Gasteiger partial charge in [-0.3, -0.25) is 4.90 Å². The van der Waals surface area contributed by atoms with Crippen LogP contribution in [0.5, 0.6) is 0 Å². The fraction of sp³-hybridized carbons (Fsp3) is 0.429. The highest BCUT2D eigenvalue weighted by Crippen LogP contribution is 2.18. The van der Waals surface area contributed by atoms with Crippen LogP contribution in [-0.2, 0) is 6.54 Å². The Kier molecular flexibility index (Phi) is 4.75. The van der Waals surface area contributed by atoms with Gasteiger partial charge in [0.2, 0.25) is 0 Å². The molecular weight excluding hydrogens is 274 g/mol. The van der Waals surface area contributed by atoms with Gasteiger partial charge in [-0.15, -0.1) is 12.4 Å². The highest BCUT2D eigenvalue weighted by atomic mass is 35.5.